The van der Waals surface area contributed by atoms with Crippen LogP contribution in [0, 0.1) is 0 Å². The van der Waals surface area contributed by atoms with E-state index >= 15 is 0 Å². The molecule has 0 atom stereocenters. The van der Waals surface area contributed by atoms with Gasteiger partial charge in [-0.1, -0.05) is 23.2 Å². The molecular weight excluding hydrogens is 271 g/mol. The highest BCUT2D eigenvalue weighted by Crippen LogP contribution is 2.32. The number of nitrogens with one attached hydrogen (secondary N) is 2. The Hall–Kier alpha value is -1.39. The van der Waals surface area contributed by atoms with Crippen molar-refractivity contribution in [2.45, 2.75) is 12.8 Å². The Labute approximate surface area is 116 Å². The van der Waals surface area contributed by atoms with Gasteiger partial charge in [0.1, 0.15) is 5.82 Å². The molecule has 0 saturated carbocycles. The van der Waals surface area contributed by atoms with Crippen LogP contribution in [0.1, 0.15) is 12.2 Å². The van der Waals surface area contributed by atoms with E-state index in [9.17, 15) is 0 Å². The first-order valence-electron chi connectivity index (χ1n) is 5.63. The molecule has 0 aliphatic heterocycles. The highest BCUT2D eigenvalue weighted by Gasteiger charge is 2.06. The second-order valence-electron chi connectivity index (χ2n) is 3.93. The van der Waals surface area contributed by atoms with Gasteiger partial charge in [0.05, 0.1) is 15.7 Å². The van der Waals surface area contributed by atoms with Crippen molar-refractivity contribution in [2.75, 3.05) is 17.6 Å². The quantitative estimate of drug-likeness (QED) is 0.583. The van der Waals surface area contributed by atoms with E-state index in [0.29, 0.717) is 15.7 Å². The summed E-state index contributed by atoms with van der Waals surface area (Å²) >= 11 is 12.1. The van der Waals surface area contributed by atoms with Gasteiger partial charge in [0, 0.05) is 31.0 Å². The summed E-state index contributed by atoms with van der Waals surface area (Å²) in [6.07, 6.45) is 5.38. The van der Waals surface area contributed by atoms with Crippen LogP contribution >= 0.6 is 23.2 Å². The lowest BCUT2D eigenvalue weighted by Gasteiger charge is -2.10. The number of hydrogen-bond donors (Lipinski definition) is 3. The molecule has 2 aromatic rings. The molecular formula is C12H14Cl2N4. The molecule has 6 heteroatoms. The van der Waals surface area contributed by atoms with Crippen LogP contribution in [0.2, 0.25) is 10.0 Å². The smallest absolute Gasteiger partial charge is 0.106 e. The van der Waals surface area contributed by atoms with Gasteiger partial charge < -0.3 is 16.0 Å². The van der Waals surface area contributed by atoms with E-state index in [1.165, 1.54) is 0 Å². The number of H-pyrrole nitrogens is 1. The summed E-state index contributed by atoms with van der Waals surface area (Å²) in [7, 11) is 0. The van der Waals surface area contributed by atoms with Crippen LogP contribution in [-0.2, 0) is 6.42 Å². The zero-order valence-corrected chi connectivity index (χ0v) is 11.2. The molecule has 0 amide bonds. The molecule has 0 unspecified atom stereocenters. The number of hydrogen-bond acceptors (Lipinski definition) is 3. The number of rotatable bonds is 5. The van der Waals surface area contributed by atoms with Crippen LogP contribution < -0.4 is 11.1 Å². The highest BCUT2D eigenvalue weighted by molar-refractivity contribution is 6.39. The number of anilines is 2. The van der Waals surface area contributed by atoms with E-state index in [2.05, 4.69) is 15.3 Å². The summed E-state index contributed by atoms with van der Waals surface area (Å²) in [5.74, 6) is 0.978. The Morgan fingerprint density at radius 3 is 2.61 bits per heavy atom. The zero-order valence-electron chi connectivity index (χ0n) is 9.71. The average Bonchev–Trinajstić information content (AvgIpc) is 2.79. The first-order valence-corrected chi connectivity index (χ1v) is 6.39. The average molecular weight is 285 g/mol. The molecule has 1 aromatic heterocycles. The molecule has 1 heterocycles. The Balaban J connectivity index is 1.87. The molecule has 2 rings (SSSR count). The van der Waals surface area contributed by atoms with Crippen molar-refractivity contribution in [1.29, 1.82) is 0 Å². The minimum atomic E-state index is 0.540. The van der Waals surface area contributed by atoms with Crippen LogP contribution in [0.5, 0.6) is 0 Å². The van der Waals surface area contributed by atoms with Gasteiger partial charge in [0.25, 0.3) is 0 Å². The molecule has 0 radical (unpaired) electrons. The molecule has 0 aliphatic carbocycles. The number of halogens is 2. The lowest BCUT2D eigenvalue weighted by Crippen LogP contribution is -2.05. The number of aromatic nitrogens is 2. The number of nitrogens with zero attached hydrogens (tertiary/aromatic N) is 1. The van der Waals surface area contributed by atoms with Gasteiger partial charge in [0.2, 0.25) is 0 Å². The van der Waals surface area contributed by atoms with Crippen LogP contribution in [0.4, 0.5) is 11.4 Å². The van der Waals surface area contributed by atoms with E-state index in [4.69, 9.17) is 28.9 Å². The Morgan fingerprint density at radius 2 is 2.00 bits per heavy atom. The summed E-state index contributed by atoms with van der Waals surface area (Å²) in [5, 5.41) is 4.29. The Kier molecular flexibility index (Phi) is 4.33. The summed E-state index contributed by atoms with van der Waals surface area (Å²) < 4.78 is 0. The lowest BCUT2D eigenvalue weighted by molar-refractivity contribution is 0.816. The normalized spacial score (nSPS) is 10.6. The maximum absolute atomic E-state index is 6.07. The lowest BCUT2D eigenvalue weighted by atomic mass is 10.2. The van der Waals surface area contributed by atoms with Crippen molar-refractivity contribution in [3.8, 4) is 0 Å². The van der Waals surface area contributed by atoms with Crippen LogP contribution in [0.25, 0.3) is 0 Å². The minimum Gasteiger partial charge on any atom is -0.399 e. The maximum Gasteiger partial charge on any atom is 0.106 e. The van der Waals surface area contributed by atoms with Crippen molar-refractivity contribution < 1.29 is 0 Å². The van der Waals surface area contributed by atoms with E-state index in [1.54, 1.807) is 18.3 Å². The van der Waals surface area contributed by atoms with Gasteiger partial charge in [-0.05, 0) is 18.6 Å². The highest BCUT2D eigenvalue weighted by atomic mass is 35.5. The fraction of sp³-hybridized carbons (Fsp3) is 0.250. The third-order valence-corrected chi connectivity index (χ3v) is 3.11. The topological polar surface area (TPSA) is 66.7 Å². The predicted octanol–water partition coefficient (Wildman–Crippen LogP) is 3.34. The number of benzene rings is 1. The van der Waals surface area contributed by atoms with Gasteiger partial charge in [-0.3, -0.25) is 0 Å². The summed E-state index contributed by atoms with van der Waals surface area (Å²) in [4.78, 5) is 7.21. The molecule has 4 nitrogen and oxygen atoms in total. The van der Waals surface area contributed by atoms with Gasteiger partial charge in [-0.25, -0.2) is 4.98 Å². The predicted molar refractivity (Wildman–Crippen MR) is 76.3 cm³/mol. The number of aromatic amines is 1. The number of nitrogen functional groups attached to an aromatic ring is 1. The van der Waals surface area contributed by atoms with E-state index in [0.717, 1.165) is 30.9 Å². The third-order valence-electron chi connectivity index (χ3n) is 2.51. The van der Waals surface area contributed by atoms with Crippen molar-refractivity contribution in [3.63, 3.8) is 0 Å². The summed E-state index contributed by atoms with van der Waals surface area (Å²) in [6, 6.07) is 3.37. The molecule has 0 spiro atoms. The summed E-state index contributed by atoms with van der Waals surface area (Å²) in [5.41, 5.74) is 6.93. The molecule has 4 N–H and O–H groups in total. The second-order valence-corrected chi connectivity index (χ2v) is 4.74. The monoisotopic (exact) mass is 284 g/mol. The maximum atomic E-state index is 6.07. The molecule has 0 bridgehead atoms. The van der Waals surface area contributed by atoms with Crippen LogP contribution in [-0.4, -0.2) is 16.5 Å². The van der Waals surface area contributed by atoms with Crippen LogP contribution in [0.3, 0.4) is 0 Å². The van der Waals surface area contributed by atoms with E-state index < -0.39 is 0 Å². The van der Waals surface area contributed by atoms with Gasteiger partial charge in [-0.2, -0.15) is 0 Å². The largest absolute Gasteiger partial charge is 0.399 e. The first kappa shape index (κ1) is 13.1. The van der Waals surface area contributed by atoms with Gasteiger partial charge in [-0.15, -0.1) is 0 Å². The van der Waals surface area contributed by atoms with Gasteiger partial charge >= 0.3 is 0 Å². The van der Waals surface area contributed by atoms with E-state index in [-0.39, 0.29) is 0 Å². The Bertz CT molecular complexity index is 488. The molecule has 0 saturated heterocycles. The van der Waals surface area contributed by atoms with Gasteiger partial charge in [0.15, 0.2) is 0 Å². The first-order chi connectivity index (χ1) is 8.66. The van der Waals surface area contributed by atoms with Crippen LogP contribution in [0.15, 0.2) is 24.5 Å². The third kappa shape index (κ3) is 3.31. The standard InChI is InChI=1S/C12H14Cl2N4/c13-9-6-8(15)7-10(14)12(9)18-3-1-2-11-16-4-5-17-11/h4-7,18H,1-3,15H2,(H,16,17). The number of imidazole rings is 1. The molecule has 1 aromatic carbocycles. The van der Waals surface area contributed by atoms with Crippen molar-refractivity contribution >= 4 is 34.6 Å². The van der Waals surface area contributed by atoms with Crippen molar-refractivity contribution in [3.05, 3.63) is 40.4 Å². The molecule has 0 fully saturated rings. The number of nitrogens with two attached hydrogens (primary N) is 1. The molecule has 18 heavy (non-hydrogen) atoms. The van der Waals surface area contributed by atoms with Crippen molar-refractivity contribution in [1.82, 2.24) is 9.97 Å². The zero-order chi connectivity index (χ0) is 13.0. The van der Waals surface area contributed by atoms with E-state index in [1.807, 2.05) is 6.20 Å². The molecule has 0 aliphatic rings. The fourth-order valence-corrected chi connectivity index (χ4v) is 2.30. The fourth-order valence-electron chi connectivity index (χ4n) is 1.67. The second kappa shape index (κ2) is 5.98. The minimum absolute atomic E-state index is 0.540. The van der Waals surface area contributed by atoms with Crippen molar-refractivity contribution in [2.24, 2.45) is 0 Å². The molecule has 96 valence electrons. The summed E-state index contributed by atoms with van der Waals surface area (Å²) in [6.45, 7) is 0.768. The number of aryl methyl sites for hydroxylation is 1. The Morgan fingerprint density at radius 1 is 1.28 bits per heavy atom. The SMILES string of the molecule is Nc1cc(Cl)c(NCCCc2ncc[nH]2)c(Cl)c1.